The summed E-state index contributed by atoms with van der Waals surface area (Å²) in [5.74, 6) is 0.530. The lowest BCUT2D eigenvalue weighted by molar-refractivity contribution is 0.302. The Morgan fingerprint density at radius 3 is 2.47 bits per heavy atom. The maximum absolute atomic E-state index is 8.31. The average molecular weight is 445 g/mol. The first-order chi connectivity index (χ1) is 15.5. The van der Waals surface area contributed by atoms with Gasteiger partial charge >= 0.3 is 0 Å². The van der Waals surface area contributed by atoms with E-state index in [1.165, 1.54) is 6.92 Å². The highest BCUT2D eigenvalue weighted by Gasteiger charge is 2.12. The Kier molecular flexibility index (Phi) is 6.33. The van der Waals surface area contributed by atoms with Crippen LogP contribution in [0.5, 0.6) is 5.75 Å². The van der Waals surface area contributed by atoms with E-state index in [1.807, 2.05) is 77.5 Å². The summed E-state index contributed by atoms with van der Waals surface area (Å²) in [6.07, 6.45) is 5.71. The van der Waals surface area contributed by atoms with Crippen molar-refractivity contribution in [1.29, 1.82) is 10.8 Å². The average Bonchev–Trinajstić information content (AvgIpc) is 3.20. The van der Waals surface area contributed by atoms with Crippen LogP contribution in [0.15, 0.2) is 79.1 Å². The second-order valence-electron chi connectivity index (χ2n) is 7.11. The van der Waals surface area contributed by atoms with Crippen molar-refractivity contribution in [3.05, 3.63) is 101 Å². The van der Waals surface area contributed by atoms with E-state index in [0.29, 0.717) is 23.0 Å². The third-order valence-corrected chi connectivity index (χ3v) is 4.90. The zero-order chi connectivity index (χ0) is 22.5. The van der Waals surface area contributed by atoms with Crippen LogP contribution in [0.25, 0.3) is 17.3 Å². The van der Waals surface area contributed by atoms with Gasteiger partial charge in [0.15, 0.2) is 5.90 Å². The molecule has 4 aromatic rings. The van der Waals surface area contributed by atoms with Crippen molar-refractivity contribution in [3.8, 4) is 5.75 Å². The third kappa shape index (κ3) is 5.22. The predicted octanol–water partition coefficient (Wildman–Crippen LogP) is 6.10. The molecule has 0 aliphatic rings. The van der Waals surface area contributed by atoms with Gasteiger partial charge in [-0.05, 0) is 53.6 Å². The first-order valence-electron chi connectivity index (χ1n) is 9.93. The van der Waals surface area contributed by atoms with E-state index >= 15 is 0 Å². The number of nitrogens with zero attached hydrogens (tertiary/aromatic N) is 2. The van der Waals surface area contributed by atoms with E-state index in [-0.39, 0.29) is 11.8 Å². The molecule has 0 fully saturated rings. The summed E-state index contributed by atoms with van der Waals surface area (Å²) in [5, 5.41) is 16.5. The Hall–Kier alpha value is -3.90. The number of pyridine rings is 1. The minimum atomic E-state index is -0.106. The van der Waals surface area contributed by atoms with E-state index in [9.17, 15) is 0 Å². The molecule has 0 aliphatic heterocycles. The second-order valence-corrected chi connectivity index (χ2v) is 7.54. The van der Waals surface area contributed by atoms with E-state index in [0.717, 1.165) is 22.5 Å². The minimum absolute atomic E-state index is 0.0515. The van der Waals surface area contributed by atoms with Gasteiger partial charge in [0, 0.05) is 29.9 Å². The van der Waals surface area contributed by atoms with Crippen molar-refractivity contribution in [1.82, 2.24) is 9.38 Å². The highest BCUT2D eigenvalue weighted by atomic mass is 35.5. The molecular weight excluding hydrogens is 424 g/mol. The number of nitrogens with one attached hydrogen (secondary N) is 2. The molecule has 0 spiro atoms. The van der Waals surface area contributed by atoms with Crippen LogP contribution < -0.4 is 4.74 Å². The maximum Gasteiger partial charge on any atom is 0.221 e. The third-order valence-electron chi connectivity index (χ3n) is 4.65. The molecule has 0 aliphatic carbocycles. The monoisotopic (exact) mass is 444 g/mol. The van der Waals surface area contributed by atoms with Crippen LogP contribution in [0.3, 0.4) is 0 Å². The lowest BCUT2D eigenvalue weighted by Crippen LogP contribution is -2.09. The van der Waals surface area contributed by atoms with Crippen LogP contribution in [-0.4, -0.2) is 21.2 Å². The smallest absolute Gasteiger partial charge is 0.221 e. The summed E-state index contributed by atoms with van der Waals surface area (Å²) >= 11 is 5.98. The molecule has 2 aromatic heterocycles. The molecule has 0 atom stereocenters. The molecular formula is C25H21ClN4O2. The van der Waals surface area contributed by atoms with Gasteiger partial charge in [-0.2, -0.15) is 0 Å². The number of benzene rings is 2. The summed E-state index contributed by atoms with van der Waals surface area (Å²) in [5.41, 5.74) is 3.89. The number of ether oxygens (including phenoxy) is 2. The number of aromatic nitrogens is 2. The topological polar surface area (TPSA) is 83.5 Å². The Morgan fingerprint density at radius 2 is 1.78 bits per heavy atom. The molecule has 0 unspecified atom stereocenters. The maximum atomic E-state index is 8.31. The molecule has 2 N–H and O–H groups in total. The fourth-order valence-electron chi connectivity index (χ4n) is 3.16. The second kappa shape index (κ2) is 9.49. The summed E-state index contributed by atoms with van der Waals surface area (Å²) in [6, 6.07) is 20.5. The molecule has 0 bridgehead atoms. The van der Waals surface area contributed by atoms with Gasteiger partial charge in [0.05, 0.1) is 5.69 Å². The number of fused-ring (bicyclic) bond motifs is 1. The highest BCUT2D eigenvalue weighted by molar-refractivity contribution is 6.30. The number of hydrogen-bond donors (Lipinski definition) is 2. The van der Waals surface area contributed by atoms with Crippen LogP contribution in [0.1, 0.15) is 23.7 Å². The van der Waals surface area contributed by atoms with E-state index in [4.69, 9.17) is 31.9 Å². The molecule has 6 nitrogen and oxygen atoms in total. The number of hydrogen-bond acceptors (Lipinski definition) is 5. The molecule has 0 saturated carbocycles. The molecule has 160 valence electrons. The van der Waals surface area contributed by atoms with Crippen LogP contribution >= 0.6 is 11.6 Å². The zero-order valence-corrected chi connectivity index (χ0v) is 18.1. The molecule has 0 radical (unpaired) electrons. The molecule has 2 heterocycles. The van der Waals surface area contributed by atoms with Crippen LogP contribution in [0.4, 0.5) is 0 Å². The van der Waals surface area contributed by atoms with Gasteiger partial charge in [-0.25, -0.2) is 4.98 Å². The van der Waals surface area contributed by atoms with Gasteiger partial charge in [-0.1, -0.05) is 41.9 Å². The van der Waals surface area contributed by atoms with Crippen LogP contribution in [0, 0.1) is 10.8 Å². The van der Waals surface area contributed by atoms with Gasteiger partial charge < -0.3 is 13.9 Å². The van der Waals surface area contributed by atoms with Crippen molar-refractivity contribution < 1.29 is 9.47 Å². The Morgan fingerprint density at radius 1 is 1.03 bits per heavy atom. The SMILES string of the molecule is CC(=N)OC(=N)C(=Cc1ccc(Cl)cc1)c1ccc(OCc2cn3ccccc3n2)cc1. The largest absolute Gasteiger partial charge is 0.487 e. The van der Waals surface area contributed by atoms with Gasteiger partial charge in [-0.3, -0.25) is 10.8 Å². The first-order valence-corrected chi connectivity index (χ1v) is 10.3. The molecule has 7 heteroatoms. The molecule has 32 heavy (non-hydrogen) atoms. The fraction of sp³-hybridized carbons (Fsp3) is 0.0800. The lowest BCUT2D eigenvalue weighted by atomic mass is 10.0. The minimum Gasteiger partial charge on any atom is -0.487 e. The Bertz CT molecular complexity index is 1260. The summed E-state index contributed by atoms with van der Waals surface area (Å²) in [4.78, 5) is 4.53. The van der Waals surface area contributed by atoms with Gasteiger partial charge in [-0.15, -0.1) is 0 Å². The van der Waals surface area contributed by atoms with E-state index < -0.39 is 0 Å². The lowest BCUT2D eigenvalue weighted by Gasteiger charge is -2.12. The van der Waals surface area contributed by atoms with Gasteiger partial charge in [0.2, 0.25) is 5.90 Å². The van der Waals surface area contributed by atoms with Crippen LogP contribution in [0.2, 0.25) is 5.02 Å². The van der Waals surface area contributed by atoms with Crippen molar-refractivity contribution in [3.63, 3.8) is 0 Å². The zero-order valence-electron chi connectivity index (χ0n) is 17.4. The van der Waals surface area contributed by atoms with E-state index in [1.54, 1.807) is 12.1 Å². The summed E-state index contributed by atoms with van der Waals surface area (Å²) in [6.45, 7) is 1.84. The summed E-state index contributed by atoms with van der Waals surface area (Å²) in [7, 11) is 0. The quantitative estimate of drug-likeness (QED) is 0.214. The normalized spacial score (nSPS) is 11.4. The molecule has 0 amide bonds. The molecule has 0 saturated heterocycles. The predicted molar refractivity (Wildman–Crippen MR) is 128 cm³/mol. The van der Waals surface area contributed by atoms with Crippen molar-refractivity contribution >= 4 is 40.7 Å². The first kappa shape index (κ1) is 21.3. The Labute approximate surface area is 190 Å². The number of halogens is 1. The van der Waals surface area contributed by atoms with Gasteiger partial charge in [0.25, 0.3) is 0 Å². The van der Waals surface area contributed by atoms with Gasteiger partial charge in [0.1, 0.15) is 18.0 Å². The molecule has 2 aromatic carbocycles. The van der Waals surface area contributed by atoms with Crippen LogP contribution in [-0.2, 0) is 11.3 Å². The van der Waals surface area contributed by atoms with Crippen molar-refractivity contribution in [2.24, 2.45) is 0 Å². The van der Waals surface area contributed by atoms with Crippen molar-refractivity contribution in [2.75, 3.05) is 0 Å². The number of imidazole rings is 1. The molecule has 4 rings (SSSR count). The van der Waals surface area contributed by atoms with Crippen molar-refractivity contribution in [2.45, 2.75) is 13.5 Å². The highest BCUT2D eigenvalue weighted by Crippen LogP contribution is 2.24. The standard InChI is InChI=1S/C25H21ClN4O2/c1-17(27)32-25(28)23(14-18-5-9-20(26)10-6-18)19-7-11-22(12-8-19)31-16-21-15-30-13-3-2-4-24(30)29-21/h2-15,27-28H,16H2,1H3. The summed E-state index contributed by atoms with van der Waals surface area (Å²) < 4.78 is 13.1. The number of rotatable bonds is 6. The Balaban J connectivity index is 1.53. The fourth-order valence-corrected chi connectivity index (χ4v) is 3.28. The van der Waals surface area contributed by atoms with E-state index in [2.05, 4.69) is 4.98 Å².